The predicted octanol–water partition coefficient (Wildman–Crippen LogP) is 4.24. The largest absolute Gasteiger partial charge is 0.416 e. The zero-order chi connectivity index (χ0) is 25.3. The lowest BCUT2D eigenvalue weighted by Gasteiger charge is -2.14. The Morgan fingerprint density at radius 2 is 1.83 bits per heavy atom. The number of aryl methyl sites for hydroxylation is 1. The van der Waals surface area contributed by atoms with E-state index in [0.29, 0.717) is 5.56 Å². The number of hydrogen-bond donors (Lipinski definition) is 1. The molecule has 2 aromatic carbocycles. The van der Waals surface area contributed by atoms with Crippen LogP contribution in [0.4, 0.5) is 17.6 Å². The van der Waals surface area contributed by atoms with Crippen molar-refractivity contribution in [1.82, 2.24) is 25.2 Å². The lowest BCUT2D eigenvalue weighted by Crippen LogP contribution is -2.33. The van der Waals surface area contributed by atoms with Gasteiger partial charge in [0.1, 0.15) is 11.9 Å². The Bertz CT molecular complexity index is 1440. The van der Waals surface area contributed by atoms with E-state index in [0.717, 1.165) is 22.9 Å². The second-order valence-corrected chi connectivity index (χ2v) is 7.62. The summed E-state index contributed by atoms with van der Waals surface area (Å²) in [6, 6.07) is 9.99. The SMILES string of the molecule is Cc1cc(=O)c(C(=O)NC(C)c2nc(-c3ccc(F)cc3)no2)nn1-c1cccc(C(F)(F)F)c1. The molecule has 0 aliphatic carbocycles. The van der Waals surface area contributed by atoms with Crippen LogP contribution in [0.1, 0.15) is 40.6 Å². The van der Waals surface area contributed by atoms with Crippen LogP contribution in [0.5, 0.6) is 0 Å². The number of carbonyl (C=O) groups excluding carboxylic acids is 1. The van der Waals surface area contributed by atoms with Crippen LogP contribution in [0.25, 0.3) is 17.1 Å². The number of alkyl halides is 3. The van der Waals surface area contributed by atoms with Gasteiger partial charge in [-0.2, -0.15) is 23.3 Å². The number of rotatable bonds is 5. The number of hydrogen-bond acceptors (Lipinski definition) is 6. The van der Waals surface area contributed by atoms with Gasteiger partial charge in [-0.1, -0.05) is 11.2 Å². The number of aromatic nitrogens is 4. The van der Waals surface area contributed by atoms with Crippen LogP contribution >= 0.6 is 0 Å². The molecule has 35 heavy (non-hydrogen) atoms. The van der Waals surface area contributed by atoms with Gasteiger partial charge in [0.2, 0.25) is 17.1 Å². The highest BCUT2D eigenvalue weighted by molar-refractivity contribution is 5.92. The van der Waals surface area contributed by atoms with E-state index in [-0.39, 0.29) is 23.1 Å². The van der Waals surface area contributed by atoms with Gasteiger partial charge >= 0.3 is 6.18 Å². The average Bonchev–Trinajstić information content (AvgIpc) is 3.29. The summed E-state index contributed by atoms with van der Waals surface area (Å²) in [4.78, 5) is 29.4. The smallest absolute Gasteiger partial charge is 0.339 e. The molecular weight excluding hydrogens is 470 g/mol. The molecule has 0 aliphatic rings. The number of nitrogens with one attached hydrogen (secondary N) is 1. The van der Waals surface area contributed by atoms with E-state index in [9.17, 15) is 27.2 Å². The predicted molar refractivity (Wildman–Crippen MR) is 115 cm³/mol. The van der Waals surface area contributed by atoms with Crippen LogP contribution in [0.2, 0.25) is 0 Å². The molecule has 4 rings (SSSR count). The Morgan fingerprint density at radius 3 is 2.51 bits per heavy atom. The molecule has 2 aromatic heterocycles. The molecule has 1 N–H and O–H groups in total. The molecule has 0 saturated carbocycles. The third kappa shape index (κ3) is 5.10. The molecule has 0 bridgehead atoms. The average molecular weight is 487 g/mol. The zero-order valence-electron chi connectivity index (χ0n) is 18.3. The number of carbonyl (C=O) groups is 1. The van der Waals surface area contributed by atoms with Crippen molar-refractivity contribution in [3.63, 3.8) is 0 Å². The first-order chi connectivity index (χ1) is 16.5. The van der Waals surface area contributed by atoms with Gasteiger partial charge in [-0.05, 0) is 56.3 Å². The molecule has 4 aromatic rings. The maximum atomic E-state index is 13.1. The molecule has 1 amide bonds. The van der Waals surface area contributed by atoms with Gasteiger partial charge in [0.15, 0.2) is 5.69 Å². The standard InChI is InChI=1S/C23H17F4N5O3/c1-12-10-18(33)19(30-32(12)17-5-3-4-15(11-17)23(25,26)27)21(34)28-13(2)22-29-20(31-35-22)14-6-8-16(24)9-7-14/h3-11,13H,1-2H3,(H,28,34). The Balaban J connectivity index is 1.59. The summed E-state index contributed by atoms with van der Waals surface area (Å²) in [6.07, 6.45) is -4.57. The Labute approximate surface area is 195 Å². The molecule has 0 saturated heterocycles. The summed E-state index contributed by atoms with van der Waals surface area (Å²) < 4.78 is 58.7. The molecule has 0 fully saturated rings. The Kier molecular flexibility index (Phi) is 6.20. The lowest BCUT2D eigenvalue weighted by atomic mass is 10.2. The molecule has 2 heterocycles. The fourth-order valence-electron chi connectivity index (χ4n) is 3.23. The van der Waals surface area contributed by atoms with Crippen molar-refractivity contribution in [1.29, 1.82) is 0 Å². The number of halogens is 4. The first kappa shape index (κ1) is 23.8. The normalized spacial score (nSPS) is 12.4. The van der Waals surface area contributed by atoms with Gasteiger partial charge < -0.3 is 9.84 Å². The highest BCUT2D eigenvalue weighted by atomic mass is 19.4. The van der Waals surface area contributed by atoms with Crippen molar-refractivity contribution in [3.05, 3.63) is 93.5 Å². The molecule has 180 valence electrons. The van der Waals surface area contributed by atoms with Gasteiger partial charge in [-0.15, -0.1) is 0 Å². The van der Waals surface area contributed by atoms with Gasteiger partial charge in [0.05, 0.1) is 11.3 Å². The minimum absolute atomic E-state index is 0.0167. The molecule has 0 radical (unpaired) electrons. The second-order valence-electron chi connectivity index (χ2n) is 7.62. The molecule has 1 unspecified atom stereocenters. The van der Waals surface area contributed by atoms with Crippen LogP contribution in [0, 0.1) is 12.7 Å². The van der Waals surface area contributed by atoms with Crippen LogP contribution in [0.3, 0.4) is 0 Å². The summed E-state index contributed by atoms with van der Waals surface area (Å²) in [5, 5.41) is 10.3. The summed E-state index contributed by atoms with van der Waals surface area (Å²) in [5.74, 6) is -1.13. The summed E-state index contributed by atoms with van der Waals surface area (Å²) in [6.45, 7) is 3.01. The molecule has 0 spiro atoms. The fourth-order valence-corrected chi connectivity index (χ4v) is 3.23. The Morgan fingerprint density at radius 1 is 1.11 bits per heavy atom. The van der Waals surface area contributed by atoms with Crippen molar-refractivity contribution < 1.29 is 26.9 Å². The third-order valence-electron chi connectivity index (χ3n) is 5.00. The number of nitrogens with zero attached hydrogens (tertiary/aromatic N) is 4. The molecule has 8 nitrogen and oxygen atoms in total. The van der Waals surface area contributed by atoms with Crippen LogP contribution in [0.15, 0.2) is 63.9 Å². The first-order valence-electron chi connectivity index (χ1n) is 10.2. The van der Waals surface area contributed by atoms with Crippen molar-refractivity contribution in [3.8, 4) is 17.1 Å². The Hall–Kier alpha value is -4.35. The van der Waals surface area contributed by atoms with Gasteiger partial charge in [0, 0.05) is 17.3 Å². The molecule has 12 heteroatoms. The molecule has 1 atom stereocenters. The van der Waals surface area contributed by atoms with Crippen molar-refractivity contribution in [2.45, 2.75) is 26.1 Å². The lowest BCUT2D eigenvalue weighted by molar-refractivity contribution is -0.137. The molecular formula is C23H17F4N5O3. The van der Waals surface area contributed by atoms with Gasteiger partial charge in [-0.3, -0.25) is 9.59 Å². The number of benzene rings is 2. The monoisotopic (exact) mass is 487 g/mol. The summed E-state index contributed by atoms with van der Waals surface area (Å²) >= 11 is 0. The zero-order valence-corrected chi connectivity index (χ0v) is 18.3. The van der Waals surface area contributed by atoms with Crippen molar-refractivity contribution >= 4 is 5.91 Å². The van der Waals surface area contributed by atoms with E-state index in [1.807, 2.05) is 0 Å². The highest BCUT2D eigenvalue weighted by Crippen LogP contribution is 2.30. The number of amides is 1. The second kappa shape index (κ2) is 9.12. The van der Waals surface area contributed by atoms with E-state index < -0.39 is 40.6 Å². The van der Waals surface area contributed by atoms with E-state index in [1.54, 1.807) is 0 Å². The fraction of sp³-hybridized carbons (Fsp3) is 0.174. The topological polar surface area (TPSA) is 103 Å². The van der Waals surface area contributed by atoms with Gasteiger partial charge in [0.25, 0.3) is 5.91 Å². The van der Waals surface area contributed by atoms with E-state index in [1.165, 1.54) is 50.2 Å². The van der Waals surface area contributed by atoms with E-state index >= 15 is 0 Å². The van der Waals surface area contributed by atoms with E-state index in [4.69, 9.17) is 4.52 Å². The third-order valence-corrected chi connectivity index (χ3v) is 5.00. The van der Waals surface area contributed by atoms with Crippen LogP contribution in [-0.4, -0.2) is 25.8 Å². The quantitative estimate of drug-likeness (QED) is 0.423. The van der Waals surface area contributed by atoms with Crippen molar-refractivity contribution in [2.75, 3.05) is 0 Å². The minimum atomic E-state index is -4.57. The molecule has 0 aliphatic heterocycles. The van der Waals surface area contributed by atoms with Crippen LogP contribution < -0.4 is 10.7 Å². The van der Waals surface area contributed by atoms with Crippen molar-refractivity contribution in [2.24, 2.45) is 0 Å². The highest BCUT2D eigenvalue weighted by Gasteiger charge is 2.31. The minimum Gasteiger partial charge on any atom is -0.339 e. The van der Waals surface area contributed by atoms with Crippen LogP contribution in [-0.2, 0) is 6.18 Å². The summed E-state index contributed by atoms with van der Waals surface area (Å²) in [5.41, 5.74) is -1.39. The van der Waals surface area contributed by atoms with Gasteiger partial charge in [-0.25, -0.2) is 9.07 Å². The summed E-state index contributed by atoms with van der Waals surface area (Å²) in [7, 11) is 0. The first-order valence-corrected chi connectivity index (χ1v) is 10.2. The van der Waals surface area contributed by atoms with E-state index in [2.05, 4.69) is 20.6 Å². The maximum absolute atomic E-state index is 13.1. The maximum Gasteiger partial charge on any atom is 0.416 e.